The second kappa shape index (κ2) is 12.9. The number of benzene rings is 2. The summed E-state index contributed by atoms with van der Waals surface area (Å²) in [5.74, 6) is 1.11. The molecular weight excluding hydrogens is 521 g/mol. The van der Waals surface area contributed by atoms with E-state index in [0.717, 1.165) is 64.1 Å². The molecule has 1 aliphatic carbocycles. The fourth-order valence-corrected chi connectivity index (χ4v) is 6.70. The van der Waals surface area contributed by atoms with E-state index in [4.69, 9.17) is 11.6 Å². The van der Waals surface area contributed by atoms with Crippen molar-refractivity contribution in [1.82, 2.24) is 10.2 Å². The number of allylic oxidation sites excluding steroid dienone is 1. The Labute approximate surface area is 235 Å². The van der Waals surface area contributed by atoms with Gasteiger partial charge in [0, 0.05) is 24.5 Å². The van der Waals surface area contributed by atoms with Crippen LogP contribution in [0.2, 0.25) is 5.02 Å². The average Bonchev–Trinajstić information content (AvgIpc) is 2.92. The molecule has 212 valence electrons. The van der Waals surface area contributed by atoms with Gasteiger partial charge in [0.05, 0.1) is 10.6 Å². The Bertz CT molecular complexity index is 1130. The molecule has 2 aromatic carbocycles. The van der Waals surface area contributed by atoms with Gasteiger partial charge in [0.15, 0.2) is 0 Å². The Morgan fingerprint density at radius 2 is 1.85 bits per heavy atom. The van der Waals surface area contributed by atoms with Gasteiger partial charge in [-0.3, -0.25) is 4.79 Å². The van der Waals surface area contributed by atoms with E-state index in [1.54, 1.807) is 6.07 Å². The lowest BCUT2D eigenvalue weighted by Crippen LogP contribution is -2.50. The second-order valence-electron chi connectivity index (χ2n) is 11.5. The molecule has 0 bridgehead atoms. The number of piperidine rings is 1. The first-order valence-corrected chi connectivity index (χ1v) is 14.6. The maximum Gasteiger partial charge on any atom is 0.417 e. The summed E-state index contributed by atoms with van der Waals surface area (Å²) in [6, 6.07) is 14.7. The molecular formula is C32H40ClF3N2O. The number of likely N-dealkylation sites (tertiary alicyclic amines) is 1. The maximum absolute atomic E-state index is 13.4. The molecule has 1 saturated heterocycles. The first kappa shape index (κ1) is 29.7. The van der Waals surface area contributed by atoms with Crippen molar-refractivity contribution in [1.29, 1.82) is 0 Å². The quantitative estimate of drug-likeness (QED) is 0.352. The fraction of sp³-hybridized carbons (Fsp3) is 0.531. The van der Waals surface area contributed by atoms with Crippen molar-refractivity contribution < 1.29 is 18.0 Å². The normalized spacial score (nSPS) is 26.6. The number of hydrogen-bond donors (Lipinski definition) is 1. The zero-order valence-corrected chi connectivity index (χ0v) is 23.7. The van der Waals surface area contributed by atoms with Crippen LogP contribution in [-0.2, 0) is 17.5 Å². The van der Waals surface area contributed by atoms with Crippen LogP contribution < -0.4 is 5.32 Å². The van der Waals surface area contributed by atoms with E-state index in [0.29, 0.717) is 23.4 Å². The van der Waals surface area contributed by atoms with Gasteiger partial charge in [-0.05, 0) is 80.2 Å². The van der Waals surface area contributed by atoms with Gasteiger partial charge >= 0.3 is 6.18 Å². The summed E-state index contributed by atoms with van der Waals surface area (Å²) >= 11 is 5.75. The molecule has 39 heavy (non-hydrogen) atoms. The van der Waals surface area contributed by atoms with E-state index in [1.807, 2.05) is 6.07 Å². The van der Waals surface area contributed by atoms with E-state index in [1.165, 1.54) is 11.6 Å². The molecule has 0 spiro atoms. The van der Waals surface area contributed by atoms with Crippen LogP contribution in [0.3, 0.4) is 0 Å². The predicted octanol–water partition coefficient (Wildman–Crippen LogP) is 8.38. The third kappa shape index (κ3) is 7.46. The van der Waals surface area contributed by atoms with Gasteiger partial charge in [-0.1, -0.05) is 80.4 Å². The minimum absolute atomic E-state index is 0.0376. The van der Waals surface area contributed by atoms with Crippen molar-refractivity contribution in [3.63, 3.8) is 0 Å². The highest BCUT2D eigenvalue weighted by Gasteiger charge is 2.43. The maximum atomic E-state index is 13.4. The fourth-order valence-electron chi connectivity index (χ4n) is 6.47. The van der Waals surface area contributed by atoms with E-state index in [-0.39, 0.29) is 17.5 Å². The van der Waals surface area contributed by atoms with Crippen molar-refractivity contribution in [2.24, 2.45) is 17.3 Å². The monoisotopic (exact) mass is 560 g/mol. The molecule has 1 heterocycles. The van der Waals surface area contributed by atoms with Crippen molar-refractivity contribution in [2.45, 2.75) is 77.6 Å². The molecule has 2 atom stereocenters. The molecule has 1 saturated carbocycles. The number of hydrogen-bond acceptors (Lipinski definition) is 2. The van der Waals surface area contributed by atoms with Gasteiger partial charge in [0.1, 0.15) is 0 Å². The SMILES string of the molecule is CCCC1(C(=O)NCc2ccc(Cl)c(C(F)(F)F)c2)CCC(N2CC[C@@H](/C=C\c3ccccc3)C(C)C2)CC1. The van der Waals surface area contributed by atoms with Gasteiger partial charge in [-0.2, -0.15) is 13.2 Å². The summed E-state index contributed by atoms with van der Waals surface area (Å²) in [4.78, 5) is 16.0. The molecule has 2 aliphatic rings. The third-order valence-corrected chi connectivity index (χ3v) is 9.10. The van der Waals surface area contributed by atoms with Crippen molar-refractivity contribution in [3.8, 4) is 0 Å². The molecule has 1 unspecified atom stereocenters. The highest BCUT2D eigenvalue weighted by molar-refractivity contribution is 6.31. The first-order chi connectivity index (χ1) is 18.6. The standard InChI is InChI=1S/C32H40ClF3N2O/c1-3-16-31(30(39)37-21-25-10-12-29(33)28(20-25)32(34,35)36)17-13-27(14-18-31)38-19-15-26(23(2)22-38)11-9-24-7-5-4-6-8-24/h4-12,20,23,26-27H,3,13-19,21-22H2,1-2H3,(H,37,39)/b11-9-/t23?,26-,27?,31?/m1/s1. The molecule has 4 rings (SSSR count). The molecule has 2 fully saturated rings. The van der Waals surface area contributed by atoms with E-state index in [9.17, 15) is 18.0 Å². The number of rotatable bonds is 8. The lowest BCUT2D eigenvalue weighted by atomic mass is 9.68. The summed E-state index contributed by atoms with van der Waals surface area (Å²) in [7, 11) is 0. The van der Waals surface area contributed by atoms with Crippen LogP contribution in [0.5, 0.6) is 0 Å². The lowest BCUT2D eigenvalue weighted by Gasteiger charge is -2.46. The van der Waals surface area contributed by atoms with Crippen LogP contribution in [0.15, 0.2) is 54.6 Å². The van der Waals surface area contributed by atoms with Crippen LogP contribution in [0.4, 0.5) is 13.2 Å². The van der Waals surface area contributed by atoms with Gasteiger partial charge in [-0.15, -0.1) is 0 Å². The average molecular weight is 561 g/mol. The van der Waals surface area contributed by atoms with Crippen molar-refractivity contribution in [2.75, 3.05) is 13.1 Å². The number of nitrogens with one attached hydrogen (secondary N) is 1. The summed E-state index contributed by atoms with van der Waals surface area (Å²) in [6.07, 6.45) is 6.49. The van der Waals surface area contributed by atoms with E-state index >= 15 is 0 Å². The summed E-state index contributed by atoms with van der Waals surface area (Å²) in [5, 5.41) is 2.63. The zero-order chi connectivity index (χ0) is 28.0. The van der Waals surface area contributed by atoms with E-state index < -0.39 is 17.2 Å². The Morgan fingerprint density at radius 3 is 2.49 bits per heavy atom. The number of nitrogens with zero attached hydrogens (tertiary/aromatic N) is 1. The number of alkyl halides is 3. The Morgan fingerprint density at radius 1 is 1.13 bits per heavy atom. The topological polar surface area (TPSA) is 32.3 Å². The zero-order valence-electron chi connectivity index (χ0n) is 22.9. The van der Waals surface area contributed by atoms with Gasteiger partial charge in [-0.25, -0.2) is 0 Å². The molecule has 1 aliphatic heterocycles. The van der Waals surface area contributed by atoms with Crippen LogP contribution in [0.1, 0.15) is 75.5 Å². The van der Waals surface area contributed by atoms with Crippen LogP contribution >= 0.6 is 11.6 Å². The van der Waals surface area contributed by atoms with Crippen LogP contribution in [0.25, 0.3) is 6.08 Å². The Balaban J connectivity index is 1.32. The van der Waals surface area contributed by atoms with E-state index in [2.05, 4.69) is 60.5 Å². The smallest absolute Gasteiger partial charge is 0.352 e. The molecule has 0 radical (unpaired) electrons. The van der Waals surface area contributed by atoms with Gasteiger partial charge < -0.3 is 10.2 Å². The van der Waals surface area contributed by atoms with Gasteiger partial charge in [0.25, 0.3) is 0 Å². The molecule has 7 heteroatoms. The molecule has 1 N–H and O–H groups in total. The van der Waals surface area contributed by atoms with Crippen LogP contribution in [-0.4, -0.2) is 29.9 Å². The van der Waals surface area contributed by atoms with Crippen LogP contribution in [0, 0.1) is 17.3 Å². The summed E-state index contributed by atoms with van der Waals surface area (Å²) in [6.45, 7) is 6.63. The number of carbonyl (C=O) groups excluding carboxylic acids is 1. The number of amides is 1. The summed E-state index contributed by atoms with van der Waals surface area (Å²) in [5.41, 5.74) is 0.320. The van der Waals surface area contributed by atoms with Crippen molar-refractivity contribution >= 4 is 23.6 Å². The Kier molecular flexibility index (Phi) is 9.82. The lowest BCUT2D eigenvalue weighted by molar-refractivity contribution is -0.137. The number of halogens is 4. The third-order valence-electron chi connectivity index (χ3n) is 8.77. The Hall–Kier alpha value is -2.31. The minimum Gasteiger partial charge on any atom is -0.352 e. The molecule has 0 aromatic heterocycles. The highest BCUT2D eigenvalue weighted by atomic mass is 35.5. The second-order valence-corrected chi connectivity index (χ2v) is 11.9. The first-order valence-electron chi connectivity index (χ1n) is 14.2. The summed E-state index contributed by atoms with van der Waals surface area (Å²) < 4.78 is 39.7. The molecule has 1 amide bonds. The predicted molar refractivity (Wildman–Crippen MR) is 152 cm³/mol. The number of carbonyl (C=O) groups is 1. The molecule has 3 nitrogen and oxygen atoms in total. The van der Waals surface area contributed by atoms with Gasteiger partial charge in [0.2, 0.25) is 5.91 Å². The largest absolute Gasteiger partial charge is 0.417 e. The highest BCUT2D eigenvalue weighted by Crippen LogP contribution is 2.43. The van der Waals surface area contributed by atoms with Crippen molar-refractivity contribution in [3.05, 3.63) is 76.3 Å². The minimum atomic E-state index is -4.52. The molecule has 2 aromatic rings.